The zero-order chi connectivity index (χ0) is 36.2. The summed E-state index contributed by atoms with van der Waals surface area (Å²) in [6.07, 6.45) is 0. The van der Waals surface area contributed by atoms with Crippen LogP contribution < -0.4 is 42.8 Å². The van der Waals surface area contributed by atoms with Crippen molar-refractivity contribution in [2.45, 2.75) is 41.5 Å². The normalized spacial score (nSPS) is 11.3. The average molecular weight is 802 g/mol. The molecule has 0 saturated carbocycles. The van der Waals surface area contributed by atoms with Crippen molar-refractivity contribution in [1.82, 2.24) is 19.1 Å². The van der Waals surface area contributed by atoms with E-state index in [4.69, 9.17) is 70.5 Å². The van der Waals surface area contributed by atoms with Crippen molar-refractivity contribution >= 4 is 83.7 Å². The Hall–Kier alpha value is -3.34. The second kappa shape index (κ2) is 16.1. The Balaban J connectivity index is 0.000000194. The predicted octanol–water partition coefficient (Wildman–Crippen LogP) is 7.19. The predicted molar refractivity (Wildman–Crippen MR) is 204 cm³/mol. The summed E-state index contributed by atoms with van der Waals surface area (Å²) in [6, 6.07) is 15.6. The van der Waals surface area contributed by atoms with Crippen LogP contribution in [-0.2, 0) is 10.8 Å². The Bertz CT molecular complexity index is 2040. The molecule has 2 aliphatic carbocycles. The Morgan fingerprint density at radius 1 is 0.571 bits per heavy atom. The van der Waals surface area contributed by atoms with Crippen molar-refractivity contribution in [3.63, 3.8) is 0 Å². The van der Waals surface area contributed by atoms with E-state index in [1.54, 1.807) is 12.1 Å². The van der Waals surface area contributed by atoms with E-state index in [0.29, 0.717) is 44.9 Å². The van der Waals surface area contributed by atoms with Gasteiger partial charge in [0.1, 0.15) is 48.6 Å². The number of halogens is 4. The summed E-state index contributed by atoms with van der Waals surface area (Å²) in [7, 11) is 16.8. The Morgan fingerprint density at radius 3 is 1.20 bits per heavy atom. The van der Waals surface area contributed by atoms with Gasteiger partial charge in [-0.15, -0.1) is 0 Å². The van der Waals surface area contributed by atoms with Gasteiger partial charge in [0.05, 0.1) is 23.5 Å². The SMILES string of the molecule is CC[N+](CC)=c1ccc2nc3c(N)cc(N)c(C)c3oc-2c1.CC[N+](CC)=c1ccc2nc3c(N)cc(N)c(C)c3oc-2c1.[Cl][Zn-2]([Cl])([Cl])[Cl]. The maximum absolute atomic E-state index is 6.07. The van der Waals surface area contributed by atoms with Crippen molar-refractivity contribution in [3.8, 4) is 22.9 Å². The summed E-state index contributed by atoms with van der Waals surface area (Å²) in [5.41, 5.74) is 32.3. The minimum absolute atomic E-state index is 0.538. The number of rotatable bonds is 4. The molecule has 2 aliphatic heterocycles. The van der Waals surface area contributed by atoms with Gasteiger partial charge in [-0.05, 0) is 65.8 Å². The second-order valence-corrected chi connectivity index (χ2v) is 39.1. The van der Waals surface area contributed by atoms with Crippen LogP contribution in [0, 0.1) is 13.8 Å². The van der Waals surface area contributed by atoms with Crippen molar-refractivity contribution < 1.29 is 19.6 Å². The molecule has 0 atom stereocenters. The number of aromatic nitrogens is 2. The van der Waals surface area contributed by atoms with Gasteiger partial charge in [0.15, 0.2) is 22.7 Å². The molecule has 2 aromatic carbocycles. The minimum atomic E-state index is -3.36. The van der Waals surface area contributed by atoms with Gasteiger partial charge >= 0.3 is 49.6 Å². The first-order valence-corrected chi connectivity index (χ1v) is 31.7. The van der Waals surface area contributed by atoms with E-state index in [1.807, 2.05) is 38.1 Å². The standard InChI is InChI=1S/2C17H20N4O.4ClH.Zn/c2*1-4-21(5-2)11-6-7-14-15(8-11)22-17-10(3)12(18)9-13(19)16(17)20-14;;;;;/h2*6-9H,4-5H2,1-3H3,(H3,18,19);4*1H;/q;;;;;;+2/p-2. The number of benzene rings is 4. The molecule has 6 rings (SSSR count). The van der Waals surface area contributed by atoms with Gasteiger partial charge in [0, 0.05) is 34.6 Å². The first-order valence-electron chi connectivity index (χ1n) is 16.1. The van der Waals surface area contributed by atoms with Gasteiger partial charge in [-0.3, -0.25) is 0 Å². The molecule has 2 aromatic rings. The van der Waals surface area contributed by atoms with Crippen LogP contribution >= 0.6 is 38.8 Å². The van der Waals surface area contributed by atoms with E-state index in [-0.39, 0.29) is 0 Å². The van der Waals surface area contributed by atoms with E-state index in [2.05, 4.69) is 58.9 Å². The number of hydrogen-bond donors (Lipinski definition) is 4. The molecule has 0 bridgehead atoms. The Morgan fingerprint density at radius 2 is 0.898 bits per heavy atom. The van der Waals surface area contributed by atoms with Crippen molar-refractivity contribution in [1.29, 1.82) is 0 Å². The number of nitrogen functional groups attached to an aromatic ring is 4. The van der Waals surface area contributed by atoms with E-state index < -0.39 is 10.8 Å². The second-order valence-electron chi connectivity index (χ2n) is 11.4. The number of fused-ring (bicyclic) bond motifs is 4. The van der Waals surface area contributed by atoms with Gasteiger partial charge in [-0.25, -0.2) is 19.1 Å². The molecule has 49 heavy (non-hydrogen) atoms. The van der Waals surface area contributed by atoms with Crippen LogP contribution in [0.25, 0.3) is 45.1 Å². The van der Waals surface area contributed by atoms with Crippen molar-refractivity contribution in [2.75, 3.05) is 49.1 Å². The Kier molecular flexibility index (Phi) is 12.7. The molecular formula is C34H42Cl4N8O2Zn. The molecule has 260 valence electrons. The molecule has 2 heterocycles. The average Bonchev–Trinajstić information content (AvgIpc) is 3.05. The summed E-state index contributed by atoms with van der Waals surface area (Å²) < 4.78 is 16.7. The fraction of sp³-hybridized carbons (Fsp3) is 0.294. The molecule has 0 saturated heterocycles. The number of anilines is 4. The van der Waals surface area contributed by atoms with E-state index >= 15 is 0 Å². The van der Waals surface area contributed by atoms with Crippen LogP contribution in [0.15, 0.2) is 57.4 Å². The van der Waals surface area contributed by atoms with Gasteiger partial charge in [0.2, 0.25) is 10.7 Å². The zero-order valence-corrected chi connectivity index (χ0v) is 34.6. The van der Waals surface area contributed by atoms with Crippen LogP contribution in [0.5, 0.6) is 0 Å². The Labute approximate surface area is 304 Å². The maximum atomic E-state index is 6.07. The van der Waals surface area contributed by atoms with Gasteiger partial charge in [0.25, 0.3) is 0 Å². The fourth-order valence-corrected chi connectivity index (χ4v) is 5.43. The number of hydrogen-bond acceptors (Lipinski definition) is 8. The number of nitrogens with zero attached hydrogens (tertiary/aromatic N) is 4. The van der Waals surface area contributed by atoms with E-state index in [1.165, 1.54) is 0 Å². The van der Waals surface area contributed by atoms with Crippen LogP contribution in [0.1, 0.15) is 38.8 Å². The summed E-state index contributed by atoms with van der Waals surface area (Å²) in [4.78, 5) is 9.28. The summed E-state index contributed by atoms with van der Waals surface area (Å²) in [5.74, 6) is 1.48. The molecule has 4 aliphatic rings. The van der Waals surface area contributed by atoms with E-state index in [0.717, 1.165) is 70.9 Å². The molecule has 0 amide bonds. The summed E-state index contributed by atoms with van der Waals surface area (Å²) in [6.45, 7) is 16.2. The monoisotopic (exact) mass is 798 g/mol. The van der Waals surface area contributed by atoms with Crippen LogP contribution in [0.3, 0.4) is 0 Å². The first kappa shape index (κ1) is 38.5. The fourth-order valence-electron chi connectivity index (χ4n) is 5.43. The third kappa shape index (κ3) is 9.07. The topological polar surface area (TPSA) is 162 Å². The summed E-state index contributed by atoms with van der Waals surface area (Å²) >= 11 is 0. The third-order valence-electron chi connectivity index (χ3n) is 8.18. The van der Waals surface area contributed by atoms with Crippen molar-refractivity contribution in [3.05, 3.63) is 70.4 Å². The van der Waals surface area contributed by atoms with Gasteiger partial charge < -0.3 is 31.8 Å². The summed E-state index contributed by atoms with van der Waals surface area (Å²) in [5, 5.41) is 2.24. The van der Waals surface area contributed by atoms with Crippen molar-refractivity contribution in [2.24, 2.45) is 0 Å². The van der Waals surface area contributed by atoms with Crippen LogP contribution in [-0.4, -0.2) is 36.1 Å². The molecule has 8 N–H and O–H groups in total. The van der Waals surface area contributed by atoms with Gasteiger partial charge in [-0.2, -0.15) is 0 Å². The molecule has 0 unspecified atom stereocenters. The molecule has 0 fully saturated rings. The quantitative estimate of drug-likeness (QED) is 0.0631. The molecule has 15 heteroatoms. The van der Waals surface area contributed by atoms with E-state index in [9.17, 15) is 0 Å². The molecule has 0 aromatic heterocycles. The van der Waals surface area contributed by atoms with Crippen LogP contribution in [0.4, 0.5) is 22.7 Å². The van der Waals surface area contributed by atoms with Crippen LogP contribution in [0.2, 0.25) is 0 Å². The first-order chi connectivity index (χ1) is 23.1. The number of aryl methyl sites for hydroxylation is 2. The number of nitrogens with two attached hydrogens (primary N) is 4. The molecule has 0 radical (unpaired) electrons. The zero-order valence-electron chi connectivity index (χ0n) is 28.6. The molecular weight excluding hydrogens is 760 g/mol. The third-order valence-corrected chi connectivity index (χ3v) is 8.18. The van der Waals surface area contributed by atoms with Gasteiger partial charge in [-0.1, -0.05) is 0 Å². The molecule has 0 spiro atoms. The molecule has 10 nitrogen and oxygen atoms in total.